The Bertz CT molecular complexity index is 1010. The third-order valence-corrected chi connectivity index (χ3v) is 4.54. The van der Waals surface area contributed by atoms with E-state index in [0.717, 1.165) is 23.1 Å². The molecule has 28 heavy (non-hydrogen) atoms. The zero-order chi connectivity index (χ0) is 20.3. The van der Waals surface area contributed by atoms with Crippen LogP contribution < -0.4 is 5.32 Å². The fourth-order valence-electron chi connectivity index (χ4n) is 2.78. The molecule has 0 aliphatic rings. The molecule has 0 atom stereocenters. The number of carbonyl (C=O) groups is 1. The zero-order valence-electron chi connectivity index (χ0n) is 15.4. The fourth-order valence-corrected chi connectivity index (χ4v) is 2.91. The summed E-state index contributed by atoms with van der Waals surface area (Å²) in [6, 6.07) is 7.51. The normalized spacial score (nSPS) is 10.8. The van der Waals surface area contributed by atoms with Crippen LogP contribution in [0.25, 0.3) is 0 Å². The molecule has 0 saturated heterocycles. The number of nitrogens with zero attached hydrogens (tertiary/aromatic N) is 5. The molecule has 2 aromatic heterocycles. The molecule has 0 aliphatic heterocycles. The van der Waals surface area contributed by atoms with Crippen LogP contribution in [0.2, 0.25) is 5.02 Å². The zero-order valence-corrected chi connectivity index (χ0v) is 16.2. The summed E-state index contributed by atoms with van der Waals surface area (Å²) in [7, 11) is 0. The molecule has 0 spiro atoms. The topological polar surface area (TPSA) is 108 Å². The molecule has 0 unspecified atom stereocenters. The number of benzene rings is 1. The van der Waals surface area contributed by atoms with E-state index in [0.29, 0.717) is 17.3 Å². The summed E-state index contributed by atoms with van der Waals surface area (Å²) in [4.78, 5) is 22.5. The Kier molecular flexibility index (Phi) is 5.74. The molecule has 1 N–H and O–H groups in total. The summed E-state index contributed by atoms with van der Waals surface area (Å²) in [5.74, 6) is -0.213. The number of anilines is 1. The van der Waals surface area contributed by atoms with Gasteiger partial charge < -0.3 is 5.32 Å². The van der Waals surface area contributed by atoms with Gasteiger partial charge in [-0.1, -0.05) is 23.7 Å². The van der Waals surface area contributed by atoms with Crippen molar-refractivity contribution in [3.05, 3.63) is 68.7 Å². The van der Waals surface area contributed by atoms with Gasteiger partial charge in [0.15, 0.2) is 0 Å². The Hall–Kier alpha value is -3.20. The van der Waals surface area contributed by atoms with Gasteiger partial charge in [0.05, 0.1) is 28.5 Å². The lowest BCUT2D eigenvalue weighted by atomic mass is 10.2. The second-order valence-electron chi connectivity index (χ2n) is 6.35. The van der Waals surface area contributed by atoms with Crippen molar-refractivity contribution in [1.82, 2.24) is 19.6 Å². The van der Waals surface area contributed by atoms with Crippen molar-refractivity contribution in [2.24, 2.45) is 0 Å². The minimum absolute atomic E-state index is 0.101. The molecule has 1 amide bonds. The summed E-state index contributed by atoms with van der Waals surface area (Å²) in [5, 5.41) is 22.6. The summed E-state index contributed by atoms with van der Waals surface area (Å²) < 4.78 is 3.20. The lowest BCUT2D eigenvalue weighted by Gasteiger charge is -2.08. The van der Waals surface area contributed by atoms with Gasteiger partial charge in [0.2, 0.25) is 5.91 Å². The lowest BCUT2D eigenvalue weighted by molar-refractivity contribution is -0.385. The van der Waals surface area contributed by atoms with Gasteiger partial charge in [-0.15, -0.1) is 0 Å². The number of nitrogens with one attached hydrogen (secondary N) is 1. The molecule has 0 aliphatic carbocycles. The SMILES string of the molecule is Cc1nn(Cc2ccc(Cl)cc2)c(C)c1NC(=O)CCn1cc([N+](=O)[O-])cn1. The third-order valence-electron chi connectivity index (χ3n) is 4.29. The van der Waals surface area contributed by atoms with Crippen LogP contribution in [0.5, 0.6) is 0 Å². The van der Waals surface area contributed by atoms with E-state index in [9.17, 15) is 14.9 Å². The fraction of sp³-hybridized carbons (Fsp3) is 0.278. The van der Waals surface area contributed by atoms with E-state index < -0.39 is 4.92 Å². The maximum Gasteiger partial charge on any atom is 0.306 e. The van der Waals surface area contributed by atoms with Crippen LogP contribution >= 0.6 is 11.6 Å². The van der Waals surface area contributed by atoms with E-state index >= 15 is 0 Å². The van der Waals surface area contributed by atoms with Crippen molar-refractivity contribution < 1.29 is 9.72 Å². The first-order valence-corrected chi connectivity index (χ1v) is 8.96. The first-order chi connectivity index (χ1) is 13.3. The summed E-state index contributed by atoms with van der Waals surface area (Å²) in [5.41, 5.74) is 3.18. The van der Waals surface area contributed by atoms with E-state index in [1.807, 2.05) is 42.8 Å². The van der Waals surface area contributed by atoms with Gasteiger partial charge in [0, 0.05) is 18.0 Å². The molecular formula is C18H19ClN6O3. The average Bonchev–Trinajstić information content (AvgIpc) is 3.23. The van der Waals surface area contributed by atoms with Crippen LogP contribution in [0.15, 0.2) is 36.7 Å². The third kappa shape index (κ3) is 4.55. The van der Waals surface area contributed by atoms with E-state index in [2.05, 4.69) is 15.5 Å². The number of amides is 1. The van der Waals surface area contributed by atoms with Gasteiger partial charge in [-0.2, -0.15) is 10.2 Å². The second kappa shape index (κ2) is 8.22. The Morgan fingerprint density at radius 1 is 1.29 bits per heavy atom. The monoisotopic (exact) mass is 402 g/mol. The van der Waals surface area contributed by atoms with Crippen LogP contribution in [0, 0.1) is 24.0 Å². The number of aryl methyl sites for hydroxylation is 2. The molecule has 3 rings (SSSR count). The van der Waals surface area contributed by atoms with Crippen LogP contribution in [0.1, 0.15) is 23.4 Å². The highest BCUT2D eigenvalue weighted by molar-refractivity contribution is 6.30. The van der Waals surface area contributed by atoms with Crippen molar-refractivity contribution in [1.29, 1.82) is 0 Å². The number of halogens is 1. The molecule has 0 bridgehead atoms. The van der Waals surface area contributed by atoms with E-state index in [1.54, 1.807) is 0 Å². The van der Waals surface area contributed by atoms with Crippen LogP contribution in [-0.2, 0) is 17.9 Å². The second-order valence-corrected chi connectivity index (χ2v) is 6.78. The number of hydrogen-bond acceptors (Lipinski definition) is 5. The first kappa shape index (κ1) is 19.6. The molecule has 2 heterocycles. The molecule has 0 saturated carbocycles. The van der Waals surface area contributed by atoms with Crippen molar-refractivity contribution in [2.75, 3.05) is 5.32 Å². The average molecular weight is 403 g/mol. The summed E-state index contributed by atoms with van der Waals surface area (Å²) >= 11 is 5.91. The number of carbonyl (C=O) groups excluding carboxylic acids is 1. The number of rotatable bonds is 7. The van der Waals surface area contributed by atoms with E-state index in [1.165, 1.54) is 10.9 Å². The Morgan fingerprint density at radius 2 is 2.00 bits per heavy atom. The molecule has 9 nitrogen and oxygen atoms in total. The van der Waals surface area contributed by atoms with Crippen molar-refractivity contribution in [3.8, 4) is 0 Å². The summed E-state index contributed by atoms with van der Waals surface area (Å²) in [6.07, 6.45) is 2.60. The minimum Gasteiger partial charge on any atom is -0.323 e. The lowest BCUT2D eigenvalue weighted by Crippen LogP contribution is -2.15. The molecule has 0 fully saturated rings. The number of nitro groups is 1. The van der Waals surface area contributed by atoms with Crippen molar-refractivity contribution in [2.45, 2.75) is 33.4 Å². The minimum atomic E-state index is -0.522. The Balaban J connectivity index is 1.63. The molecular weight excluding hydrogens is 384 g/mol. The predicted molar refractivity (Wildman–Crippen MR) is 104 cm³/mol. The summed E-state index contributed by atoms with van der Waals surface area (Å²) in [6.45, 7) is 4.54. The van der Waals surface area contributed by atoms with Gasteiger partial charge in [-0.25, -0.2) is 0 Å². The van der Waals surface area contributed by atoms with Crippen LogP contribution in [0.3, 0.4) is 0 Å². The number of aromatic nitrogens is 4. The molecule has 10 heteroatoms. The molecule has 0 radical (unpaired) electrons. The van der Waals surface area contributed by atoms with Gasteiger partial charge in [-0.05, 0) is 31.5 Å². The first-order valence-electron chi connectivity index (χ1n) is 8.58. The van der Waals surface area contributed by atoms with Gasteiger partial charge in [0.25, 0.3) is 0 Å². The van der Waals surface area contributed by atoms with Crippen LogP contribution in [0.4, 0.5) is 11.4 Å². The van der Waals surface area contributed by atoms with Crippen LogP contribution in [-0.4, -0.2) is 30.4 Å². The van der Waals surface area contributed by atoms with Gasteiger partial charge in [0.1, 0.15) is 12.4 Å². The van der Waals surface area contributed by atoms with Gasteiger partial charge in [-0.3, -0.25) is 24.3 Å². The molecule has 3 aromatic rings. The largest absolute Gasteiger partial charge is 0.323 e. The predicted octanol–water partition coefficient (Wildman–Crippen LogP) is 3.34. The van der Waals surface area contributed by atoms with Crippen molar-refractivity contribution >= 4 is 28.9 Å². The van der Waals surface area contributed by atoms with E-state index in [4.69, 9.17) is 11.6 Å². The van der Waals surface area contributed by atoms with Gasteiger partial charge >= 0.3 is 5.69 Å². The number of hydrogen-bond donors (Lipinski definition) is 1. The highest BCUT2D eigenvalue weighted by Gasteiger charge is 2.15. The Morgan fingerprint density at radius 3 is 2.64 bits per heavy atom. The maximum absolute atomic E-state index is 12.3. The molecule has 1 aromatic carbocycles. The highest BCUT2D eigenvalue weighted by atomic mass is 35.5. The quantitative estimate of drug-likeness (QED) is 0.481. The smallest absolute Gasteiger partial charge is 0.306 e. The maximum atomic E-state index is 12.3. The van der Waals surface area contributed by atoms with Crippen molar-refractivity contribution in [3.63, 3.8) is 0 Å². The highest BCUT2D eigenvalue weighted by Crippen LogP contribution is 2.21. The standard InChI is InChI=1S/C18H19ClN6O3/c1-12-18(13(2)24(22-12)10-14-3-5-15(19)6-4-14)21-17(26)7-8-23-11-16(9-20-23)25(27)28/h3-6,9,11H,7-8,10H2,1-2H3,(H,21,26). The molecule has 146 valence electrons. The Labute approximate surface area is 166 Å². The van der Waals surface area contributed by atoms with E-state index in [-0.39, 0.29) is 24.6 Å².